The third-order valence-corrected chi connectivity index (χ3v) is 2.72. The van der Waals surface area contributed by atoms with E-state index in [9.17, 15) is 4.79 Å². The van der Waals surface area contributed by atoms with Gasteiger partial charge in [0.25, 0.3) is 0 Å². The zero-order chi connectivity index (χ0) is 13.4. The molecule has 0 aliphatic carbocycles. The van der Waals surface area contributed by atoms with Gasteiger partial charge in [-0.25, -0.2) is 0 Å². The molecule has 1 aromatic rings. The number of amides is 1. The molecule has 0 heterocycles. The van der Waals surface area contributed by atoms with E-state index in [2.05, 4.69) is 12.2 Å². The second-order valence-electron chi connectivity index (χ2n) is 4.03. The first kappa shape index (κ1) is 14.4. The first-order chi connectivity index (χ1) is 8.72. The fourth-order valence-corrected chi connectivity index (χ4v) is 1.71. The van der Waals surface area contributed by atoms with E-state index in [0.717, 1.165) is 18.4 Å². The third kappa shape index (κ3) is 3.95. The van der Waals surface area contributed by atoms with Crippen LogP contribution in [0, 0.1) is 0 Å². The number of unbranched alkanes of at least 4 members (excludes halogenated alkanes) is 1. The van der Waals surface area contributed by atoms with Gasteiger partial charge in [-0.2, -0.15) is 0 Å². The van der Waals surface area contributed by atoms with Crippen LogP contribution in [0.1, 0.15) is 31.7 Å². The van der Waals surface area contributed by atoms with E-state index < -0.39 is 0 Å². The van der Waals surface area contributed by atoms with E-state index in [0.29, 0.717) is 24.5 Å². The molecule has 0 saturated carbocycles. The molecule has 0 aliphatic heterocycles. The highest BCUT2D eigenvalue weighted by Crippen LogP contribution is 2.30. The Bertz CT molecular complexity index is 391. The second kappa shape index (κ2) is 7.58. The Labute approximate surface area is 108 Å². The molecule has 1 N–H and O–H groups in total. The number of carbonyl (C=O) groups is 1. The van der Waals surface area contributed by atoms with Gasteiger partial charge in [0.05, 0.1) is 14.2 Å². The normalized spacial score (nSPS) is 9.94. The lowest BCUT2D eigenvalue weighted by molar-refractivity contribution is -0.121. The number of methoxy groups -OCH3 is 2. The molecule has 4 nitrogen and oxygen atoms in total. The van der Waals surface area contributed by atoms with E-state index >= 15 is 0 Å². The van der Waals surface area contributed by atoms with E-state index in [1.54, 1.807) is 14.2 Å². The summed E-state index contributed by atoms with van der Waals surface area (Å²) < 4.78 is 10.5. The Morgan fingerprint density at radius 2 is 2.06 bits per heavy atom. The molecule has 0 fully saturated rings. The minimum Gasteiger partial charge on any atom is -0.493 e. The number of rotatable bonds is 7. The fourth-order valence-electron chi connectivity index (χ4n) is 1.71. The van der Waals surface area contributed by atoms with Gasteiger partial charge in [-0.1, -0.05) is 25.5 Å². The fraction of sp³-hybridized carbons (Fsp3) is 0.500. The summed E-state index contributed by atoms with van der Waals surface area (Å²) >= 11 is 0. The van der Waals surface area contributed by atoms with Crippen LogP contribution in [-0.2, 0) is 11.3 Å². The van der Waals surface area contributed by atoms with Crippen LogP contribution in [-0.4, -0.2) is 20.1 Å². The van der Waals surface area contributed by atoms with Crippen LogP contribution < -0.4 is 14.8 Å². The summed E-state index contributed by atoms with van der Waals surface area (Å²) in [6.07, 6.45) is 2.51. The minimum atomic E-state index is 0.0710. The molecule has 1 amide bonds. The summed E-state index contributed by atoms with van der Waals surface area (Å²) in [4.78, 5) is 11.5. The average molecular weight is 251 g/mol. The van der Waals surface area contributed by atoms with Crippen molar-refractivity contribution in [3.8, 4) is 11.5 Å². The van der Waals surface area contributed by atoms with Crippen LogP contribution in [0.3, 0.4) is 0 Å². The Hall–Kier alpha value is -1.71. The molecular weight excluding hydrogens is 230 g/mol. The summed E-state index contributed by atoms with van der Waals surface area (Å²) in [5.41, 5.74) is 0.918. The molecule has 0 bridgehead atoms. The first-order valence-electron chi connectivity index (χ1n) is 6.19. The van der Waals surface area contributed by atoms with Crippen molar-refractivity contribution in [1.82, 2.24) is 5.32 Å². The quantitative estimate of drug-likeness (QED) is 0.810. The maximum absolute atomic E-state index is 11.5. The van der Waals surface area contributed by atoms with Crippen LogP contribution >= 0.6 is 0 Å². The lowest BCUT2D eigenvalue weighted by Crippen LogP contribution is -2.22. The van der Waals surface area contributed by atoms with Gasteiger partial charge in [0.15, 0.2) is 11.5 Å². The van der Waals surface area contributed by atoms with Gasteiger partial charge in [-0.15, -0.1) is 0 Å². The molecule has 4 heteroatoms. The van der Waals surface area contributed by atoms with E-state index in [-0.39, 0.29) is 5.91 Å². The van der Waals surface area contributed by atoms with Crippen molar-refractivity contribution in [2.24, 2.45) is 0 Å². The second-order valence-corrected chi connectivity index (χ2v) is 4.03. The van der Waals surface area contributed by atoms with Gasteiger partial charge >= 0.3 is 0 Å². The van der Waals surface area contributed by atoms with Crippen molar-refractivity contribution in [3.05, 3.63) is 23.8 Å². The lowest BCUT2D eigenvalue weighted by atomic mass is 10.1. The molecule has 1 rings (SSSR count). The van der Waals surface area contributed by atoms with Crippen LogP contribution in [0.25, 0.3) is 0 Å². The van der Waals surface area contributed by atoms with Crippen LogP contribution in [0.2, 0.25) is 0 Å². The SMILES string of the molecule is CCCCC(=O)NCc1cccc(OC)c1OC. The molecule has 0 unspecified atom stereocenters. The van der Waals surface area contributed by atoms with Crippen molar-refractivity contribution in [3.63, 3.8) is 0 Å². The van der Waals surface area contributed by atoms with Crippen molar-refractivity contribution in [2.75, 3.05) is 14.2 Å². The summed E-state index contributed by atoms with van der Waals surface area (Å²) in [7, 11) is 3.20. The molecule has 1 aromatic carbocycles. The number of para-hydroxylation sites is 1. The van der Waals surface area contributed by atoms with E-state index in [4.69, 9.17) is 9.47 Å². The summed E-state index contributed by atoms with van der Waals surface area (Å²) in [6.45, 7) is 2.53. The smallest absolute Gasteiger partial charge is 0.220 e. The van der Waals surface area contributed by atoms with Gasteiger partial charge < -0.3 is 14.8 Å². The Kier molecular flexibility index (Phi) is 6.05. The highest BCUT2D eigenvalue weighted by atomic mass is 16.5. The van der Waals surface area contributed by atoms with Crippen molar-refractivity contribution in [2.45, 2.75) is 32.7 Å². The molecule has 100 valence electrons. The third-order valence-electron chi connectivity index (χ3n) is 2.72. The van der Waals surface area contributed by atoms with Gasteiger partial charge in [0, 0.05) is 18.5 Å². The predicted octanol–water partition coefficient (Wildman–Crippen LogP) is 2.51. The standard InChI is InChI=1S/C14H21NO3/c1-4-5-9-13(16)15-10-11-7-6-8-12(17-2)14(11)18-3/h6-8H,4-5,9-10H2,1-3H3,(H,15,16). The summed E-state index contributed by atoms with van der Waals surface area (Å²) in [5, 5.41) is 2.89. The van der Waals surface area contributed by atoms with Gasteiger partial charge in [0.1, 0.15) is 0 Å². The number of hydrogen-bond donors (Lipinski definition) is 1. The van der Waals surface area contributed by atoms with Crippen LogP contribution in [0.15, 0.2) is 18.2 Å². The lowest BCUT2D eigenvalue weighted by Gasteiger charge is -2.13. The Morgan fingerprint density at radius 3 is 2.67 bits per heavy atom. The topological polar surface area (TPSA) is 47.6 Å². The highest BCUT2D eigenvalue weighted by Gasteiger charge is 2.10. The monoisotopic (exact) mass is 251 g/mol. The molecule has 0 radical (unpaired) electrons. The largest absolute Gasteiger partial charge is 0.493 e. The zero-order valence-electron chi connectivity index (χ0n) is 11.3. The predicted molar refractivity (Wildman–Crippen MR) is 70.9 cm³/mol. The summed E-state index contributed by atoms with van der Waals surface area (Å²) in [5.74, 6) is 1.43. The first-order valence-corrected chi connectivity index (χ1v) is 6.19. The Balaban J connectivity index is 2.64. The van der Waals surface area contributed by atoms with Crippen LogP contribution in [0.5, 0.6) is 11.5 Å². The van der Waals surface area contributed by atoms with Crippen molar-refractivity contribution in [1.29, 1.82) is 0 Å². The van der Waals surface area contributed by atoms with Gasteiger partial charge in [0.2, 0.25) is 5.91 Å². The molecular formula is C14H21NO3. The van der Waals surface area contributed by atoms with Crippen molar-refractivity contribution >= 4 is 5.91 Å². The number of benzene rings is 1. The maximum Gasteiger partial charge on any atom is 0.220 e. The molecule has 0 atom stereocenters. The average Bonchev–Trinajstić information content (AvgIpc) is 2.41. The number of carbonyl (C=O) groups excluding carboxylic acids is 1. The van der Waals surface area contributed by atoms with E-state index in [1.165, 1.54) is 0 Å². The number of hydrogen-bond acceptors (Lipinski definition) is 3. The maximum atomic E-state index is 11.5. The van der Waals surface area contributed by atoms with Crippen LogP contribution in [0.4, 0.5) is 0 Å². The van der Waals surface area contributed by atoms with Gasteiger partial charge in [-0.05, 0) is 12.5 Å². The van der Waals surface area contributed by atoms with Crippen molar-refractivity contribution < 1.29 is 14.3 Å². The zero-order valence-corrected chi connectivity index (χ0v) is 11.3. The molecule has 0 aliphatic rings. The van der Waals surface area contributed by atoms with Gasteiger partial charge in [-0.3, -0.25) is 4.79 Å². The molecule has 0 aromatic heterocycles. The summed E-state index contributed by atoms with van der Waals surface area (Å²) in [6, 6.07) is 5.64. The molecule has 0 spiro atoms. The molecule has 18 heavy (non-hydrogen) atoms. The molecule has 0 saturated heterocycles. The Morgan fingerprint density at radius 1 is 1.28 bits per heavy atom. The minimum absolute atomic E-state index is 0.0710. The highest BCUT2D eigenvalue weighted by molar-refractivity contribution is 5.75. The number of nitrogens with one attached hydrogen (secondary N) is 1. The van der Waals surface area contributed by atoms with E-state index in [1.807, 2.05) is 18.2 Å². The number of ether oxygens (including phenoxy) is 2.